The monoisotopic (exact) mass is 203 g/mol. The van der Waals surface area contributed by atoms with Gasteiger partial charge in [-0.05, 0) is 13.8 Å². The normalized spacial score (nSPS) is 10.6. The molecule has 0 aliphatic rings. The van der Waals surface area contributed by atoms with E-state index in [0.29, 0.717) is 11.8 Å². The van der Waals surface area contributed by atoms with Gasteiger partial charge in [0.1, 0.15) is 0 Å². The molecular formula is C11H13N3O. The molecule has 1 aromatic heterocycles. The van der Waals surface area contributed by atoms with Crippen LogP contribution in [0.4, 0.5) is 6.01 Å². The number of nitrogens with one attached hydrogen (secondary N) is 1. The van der Waals surface area contributed by atoms with Crippen LogP contribution in [-0.2, 0) is 0 Å². The molecule has 0 saturated carbocycles. The summed E-state index contributed by atoms with van der Waals surface area (Å²) in [7, 11) is 0. The largest absolute Gasteiger partial charge is 0.336 e. The van der Waals surface area contributed by atoms with Gasteiger partial charge in [-0.3, -0.25) is 0 Å². The molecule has 2 rings (SSSR count). The predicted molar refractivity (Wildman–Crippen MR) is 58.5 cm³/mol. The van der Waals surface area contributed by atoms with Crippen molar-refractivity contribution in [1.82, 2.24) is 10.1 Å². The van der Waals surface area contributed by atoms with Gasteiger partial charge in [0.25, 0.3) is 0 Å². The smallest absolute Gasteiger partial charge is 0.321 e. The van der Waals surface area contributed by atoms with Crippen LogP contribution in [0.1, 0.15) is 13.8 Å². The van der Waals surface area contributed by atoms with Crippen molar-refractivity contribution in [2.24, 2.45) is 0 Å². The highest BCUT2D eigenvalue weighted by molar-refractivity contribution is 5.54. The third-order valence-electron chi connectivity index (χ3n) is 1.87. The van der Waals surface area contributed by atoms with Crippen molar-refractivity contribution in [1.29, 1.82) is 0 Å². The fraction of sp³-hybridized carbons (Fsp3) is 0.273. The summed E-state index contributed by atoms with van der Waals surface area (Å²) >= 11 is 0. The molecule has 0 fully saturated rings. The van der Waals surface area contributed by atoms with E-state index < -0.39 is 0 Å². The first-order valence-electron chi connectivity index (χ1n) is 4.91. The van der Waals surface area contributed by atoms with Crippen molar-refractivity contribution in [3.63, 3.8) is 0 Å². The number of anilines is 1. The van der Waals surface area contributed by atoms with Gasteiger partial charge in [0.2, 0.25) is 5.82 Å². The Morgan fingerprint density at radius 2 is 1.93 bits per heavy atom. The number of hydrogen-bond donors (Lipinski definition) is 1. The minimum atomic E-state index is 0.286. The fourth-order valence-corrected chi connectivity index (χ4v) is 1.23. The Balaban J connectivity index is 2.21. The van der Waals surface area contributed by atoms with Crippen molar-refractivity contribution in [2.75, 3.05) is 5.32 Å². The molecule has 78 valence electrons. The summed E-state index contributed by atoms with van der Waals surface area (Å²) in [5.41, 5.74) is 0.957. The Morgan fingerprint density at radius 1 is 1.20 bits per heavy atom. The lowest BCUT2D eigenvalue weighted by atomic mass is 10.2. The second-order valence-electron chi connectivity index (χ2n) is 3.59. The van der Waals surface area contributed by atoms with E-state index in [1.807, 2.05) is 44.2 Å². The molecule has 1 N–H and O–H groups in total. The Kier molecular flexibility index (Phi) is 2.67. The lowest BCUT2D eigenvalue weighted by Gasteiger charge is -2.01. The molecule has 0 unspecified atom stereocenters. The van der Waals surface area contributed by atoms with Crippen LogP contribution in [-0.4, -0.2) is 16.2 Å². The molecule has 0 saturated heterocycles. The van der Waals surface area contributed by atoms with Gasteiger partial charge in [0.05, 0.1) is 0 Å². The summed E-state index contributed by atoms with van der Waals surface area (Å²) < 4.78 is 5.06. The molecule has 1 aromatic carbocycles. The van der Waals surface area contributed by atoms with Crippen LogP contribution in [0, 0.1) is 0 Å². The van der Waals surface area contributed by atoms with Crippen LogP contribution in [0.25, 0.3) is 11.4 Å². The lowest BCUT2D eigenvalue weighted by molar-refractivity contribution is 0.429. The predicted octanol–water partition coefficient (Wildman–Crippen LogP) is 2.56. The molecular weight excluding hydrogens is 190 g/mol. The maximum absolute atomic E-state index is 5.06. The molecule has 4 heteroatoms. The highest BCUT2D eigenvalue weighted by atomic mass is 16.5. The van der Waals surface area contributed by atoms with Crippen LogP contribution >= 0.6 is 0 Å². The van der Waals surface area contributed by atoms with E-state index in [-0.39, 0.29) is 6.04 Å². The average molecular weight is 203 g/mol. The third kappa shape index (κ3) is 2.34. The topological polar surface area (TPSA) is 51.0 Å². The molecule has 0 aliphatic carbocycles. The van der Waals surface area contributed by atoms with Crippen LogP contribution in [0.3, 0.4) is 0 Å². The van der Waals surface area contributed by atoms with Gasteiger partial charge in [-0.25, -0.2) is 0 Å². The van der Waals surface area contributed by atoms with Crippen LogP contribution in [0.15, 0.2) is 34.9 Å². The summed E-state index contributed by atoms with van der Waals surface area (Å²) in [6, 6.07) is 10.5. The second kappa shape index (κ2) is 4.13. The van der Waals surface area contributed by atoms with Crippen LogP contribution in [0.2, 0.25) is 0 Å². The quantitative estimate of drug-likeness (QED) is 0.832. The Morgan fingerprint density at radius 3 is 2.60 bits per heavy atom. The Labute approximate surface area is 88.3 Å². The maximum Gasteiger partial charge on any atom is 0.321 e. The van der Waals surface area contributed by atoms with Gasteiger partial charge < -0.3 is 9.84 Å². The van der Waals surface area contributed by atoms with Crippen molar-refractivity contribution in [2.45, 2.75) is 19.9 Å². The van der Waals surface area contributed by atoms with Gasteiger partial charge in [-0.15, -0.1) is 0 Å². The van der Waals surface area contributed by atoms with Crippen LogP contribution < -0.4 is 5.32 Å². The fourth-order valence-electron chi connectivity index (χ4n) is 1.23. The molecule has 0 aliphatic heterocycles. The average Bonchev–Trinajstić information content (AvgIpc) is 2.67. The zero-order chi connectivity index (χ0) is 10.7. The molecule has 1 heterocycles. The first kappa shape index (κ1) is 9.71. The molecule has 0 spiro atoms. The summed E-state index contributed by atoms with van der Waals surface area (Å²) in [6.45, 7) is 4.04. The number of hydrogen-bond acceptors (Lipinski definition) is 4. The van der Waals surface area contributed by atoms with Gasteiger partial charge in [0.15, 0.2) is 0 Å². The van der Waals surface area contributed by atoms with Crippen molar-refractivity contribution < 1.29 is 4.52 Å². The molecule has 0 amide bonds. The zero-order valence-electron chi connectivity index (χ0n) is 8.77. The molecule has 0 atom stereocenters. The van der Waals surface area contributed by atoms with E-state index in [1.54, 1.807) is 0 Å². The summed E-state index contributed by atoms with van der Waals surface area (Å²) in [6.07, 6.45) is 0. The number of benzene rings is 1. The first-order valence-corrected chi connectivity index (χ1v) is 4.91. The number of nitrogens with zero attached hydrogens (tertiary/aromatic N) is 2. The van der Waals surface area contributed by atoms with Gasteiger partial charge in [-0.1, -0.05) is 35.5 Å². The highest BCUT2D eigenvalue weighted by Gasteiger charge is 2.07. The Bertz CT molecular complexity index is 422. The van der Waals surface area contributed by atoms with Gasteiger partial charge in [0, 0.05) is 11.6 Å². The van der Waals surface area contributed by atoms with E-state index in [2.05, 4.69) is 15.5 Å². The molecule has 4 nitrogen and oxygen atoms in total. The minimum absolute atomic E-state index is 0.286. The summed E-state index contributed by atoms with van der Waals surface area (Å²) in [5, 5.41) is 6.95. The third-order valence-corrected chi connectivity index (χ3v) is 1.87. The summed E-state index contributed by atoms with van der Waals surface area (Å²) in [5.74, 6) is 0.610. The SMILES string of the molecule is CC(C)Nc1nc(-c2ccccc2)no1. The number of rotatable bonds is 3. The van der Waals surface area contributed by atoms with Crippen molar-refractivity contribution >= 4 is 6.01 Å². The standard InChI is InChI=1S/C11H13N3O/c1-8(2)12-11-13-10(14-15-11)9-6-4-3-5-7-9/h3-8H,1-2H3,(H,12,13,14). The van der Waals surface area contributed by atoms with Gasteiger partial charge in [-0.2, -0.15) is 4.98 Å². The van der Waals surface area contributed by atoms with E-state index in [4.69, 9.17) is 4.52 Å². The number of aromatic nitrogens is 2. The lowest BCUT2D eigenvalue weighted by Crippen LogP contribution is -2.09. The van der Waals surface area contributed by atoms with Crippen molar-refractivity contribution in [3.8, 4) is 11.4 Å². The Hall–Kier alpha value is -1.84. The minimum Gasteiger partial charge on any atom is -0.336 e. The van der Waals surface area contributed by atoms with E-state index in [9.17, 15) is 0 Å². The van der Waals surface area contributed by atoms with Crippen LogP contribution in [0.5, 0.6) is 0 Å². The highest BCUT2D eigenvalue weighted by Crippen LogP contribution is 2.16. The van der Waals surface area contributed by atoms with E-state index in [0.717, 1.165) is 5.56 Å². The van der Waals surface area contributed by atoms with Gasteiger partial charge >= 0.3 is 6.01 Å². The zero-order valence-corrected chi connectivity index (χ0v) is 8.77. The van der Waals surface area contributed by atoms with E-state index in [1.165, 1.54) is 0 Å². The maximum atomic E-state index is 5.06. The first-order chi connectivity index (χ1) is 7.25. The molecule has 15 heavy (non-hydrogen) atoms. The second-order valence-corrected chi connectivity index (χ2v) is 3.59. The summed E-state index contributed by atoms with van der Waals surface area (Å²) in [4.78, 5) is 4.23. The molecule has 0 radical (unpaired) electrons. The molecule has 2 aromatic rings. The van der Waals surface area contributed by atoms with E-state index >= 15 is 0 Å². The molecule has 0 bridgehead atoms. The van der Waals surface area contributed by atoms with Crippen molar-refractivity contribution in [3.05, 3.63) is 30.3 Å².